The summed E-state index contributed by atoms with van der Waals surface area (Å²) in [6, 6.07) is 2.93. The van der Waals surface area contributed by atoms with E-state index in [-0.39, 0.29) is 36.3 Å². The standard InChI is InChI=1S/C10H13N3O2.2ClH/c14-9-2-1-8(7-12-9)10(15)13-5-3-11-4-6-13;;/h1-2,7,11H,3-6H2,(H,12,14);2*1H. The number of halogens is 2. The lowest BCUT2D eigenvalue weighted by Gasteiger charge is -2.27. The molecule has 2 rings (SSSR count). The van der Waals surface area contributed by atoms with Crippen LogP contribution in [0.15, 0.2) is 23.1 Å². The molecule has 0 bridgehead atoms. The number of aromatic nitrogens is 1. The number of nitrogens with one attached hydrogen (secondary N) is 2. The minimum absolute atomic E-state index is 0. The maximum absolute atomic E-state index is 11.9. The number of hydrogen-bond acceptors (Lipinski definition) is 3. The highest BCUT2D eigenvalue weighted by molar-refractivity contribution is 5.93. The molecule has 0 atom stereocenters. The molecule has 5 nitrogen and oxygen atoms in total. The van der Waals surface area contributed by atoms with Crippen LogP contribution >= 0.6 is 24.8 Å². The van der Waals surface area contributed by atoms with Crippen molar-refractivity contribution >= 4 is 30.7 Å². The van der Waals surface area contributed by atoms with Crippen molar-refractivity contribution in [3.8, 4) is 0 Å². The number of H-pyrrole nitrogens is 1. The van der Waals surface area contributed by atoms with Crippen molar-refractivity contribution in [3.05, 3.63) is 34.2 Å². The first-order valence-electron chi connectivity index (χ1n) is 4.96. The topological polar surface area (TPSA) is 65.2 Å². The highest BCUT2D eigenvalue weighted by Crippen LogP contribution is 2.02. The number of carbonyl (C=O) groups is 1. The van der Waals surface area contributed by atoms with Crippen LogP contribution in [-0.4, -0.2) is 42.0 Å². The van der Waals surface area contributed by atoms with Gasteiger partial charge in [0.25, 0.3) is 5.91 Å². The number of rotatable bonds is 1. The van der Waals surface area contributed by atoms with E-state index >= 15 is 0 Å². The molecular weight excluding hydrogens is 265 g/mol. The molecule has 0 radical (unpaired) electrons. The lowest BCUT2D eigenvalue weighted by molar-refractivity contribution is 0.0735. The van der Waals surface area contributed by atoms with Crippen LogP contribution in [0.25, 0.3) is 0 Å². The van der Waals surface area contributed by atoms with Gasteiger partial charge in [0.05, 0.1) is 5.56 Å². The number of aromatic amines is 1. The molecule has 1 aliphatic rings. The van der Waals surface area contributed by atoms with Crippen molar-refractivity contribution in [2.75, 3.05) is 26.2 Å². The first-order chi connectivity index (χ1) is 7.27. The van der Waals surface area contributed by atoms with Gasteiger partial charge in [-0.15, -0.1) is 24.8 Å². The third kappa shape index (κ3) is 4.03. The highest BCUT2D eigenvalue weighted by Gasteiger charge is 2.17. The lowest BCUT2D eigenvalue weighted by Crippen LogP contribution is -2.46. The second kappa shape index (κ2) is 7.32. The molecule has 1 aliphatic heterocycles. The minimum Gasteiger partial charge on any atom is -0.336 e. The predicted octanol–water partition coefficient (Wildman–Crippen LogP) is 0.264. The van der Waals surface area contributed by atoms with E-state index in [2.05, 4.69) is 10.3 Å². The second-order valence-electron chi connectivity index (χ2n) is 3.48. The zero-order valence-electron chi connectivity index (χ0n) is 9.14. The highest BCUT2D eigenvalue weighted by atomic mass is 35.5. The van der Waals surface area contributed by atoms with Gasteiger partial charge in [-0.3, -0.25) is 9.59 Å². The molecule has 1 aromatic heterocycles. The number of nitrogens with zero attached hydrogens (tertiary/aromatic N) is 1. The van der Waals surface area contributed by atoms with Crippen molar-refractivity contribution in [2.24, 2.45) is 0 Å². The van der Waals surface area contributed by atoms with Gasteiger partial charge in [0, 0.05) is 38.4 Å². The quantitative estimate of drug-likeness (QED) is 0.775. The van der Waals surface area contributed by atoms with E-state index in [0.29, 0.717) is 5.56 Å². The van der Waals surface area contributed by atoms with Crippen LogP contribution < -0.4 is 10.9 Å². The number of amides is 1. The van der Waals surface area contributed by atoms with E-state index in [1.54, 1.807) is 11.0 Å². The average molecular weight is 280 g/mol. The fourth-order valence-electron chi connectivity index (χ4n) is 1.59. The summed E-state index contributed by atoms with van der Waals surface area (Å²) in [5, 5.41) is 3.18. The lowest BCUT2D eigenvalue weighted by atomic mass is 10.2. The molecule has 2 heterocycles. The van der Waals surface area contributed by atoms with E-state index in [4.69, 9.17) is 0 Å². The summed E-state index contributed by atoms with van der Waals surface area (Å²) in [7, 11) is 0. The van der Waals surface area contributed by atoms with E-state index in [1.165, 1.54) is 12.3 Å². The Labute approximate surface area is 111 Å². The molecule has 96 valence electrons. The van der Waals surface area contributed by atoms with Crippen LogP contribution in [0.4, 0.5) is 0 Å². The van der Waals surface area contributed by atoms with Crippen molar-refractivity contribution < 1.29 is 4.79 Å². The number of pyridine rings is 1. The van der Waals surface area contributed by atoms with Crippen molar-refractivity contribution in [2.45, 2.75) is 0 Å². The van der Waals surface area contributed by atoms with E-state index in [0.717, 1.165) is 26.2 Å². The van der Waals surface area contributed by atoms with Gasteiger partial charge >= 0.3 is 0 Å². The molecule has 7 heteroatoms. The summed E-state index contributed by atoms with van der Waals surface area (Å²) in [5.41, 5.74) is 0.350. The van der Waals surface area contributed by atoms with Gasteiger partial charge in [0.2, 0.25) is 5.56 Å². The third-order valence-corrected chi connectivity index (χ3v) is 2.44. The molecular formula is C10H15Cl2N3O2. The SMILES string of the molecule is Cl.Cl.O=C(c1ccc(=O)[nH]c1)N1CCNCC1. The summed E-state index contributed by atoms with van der Waals surface area (Å²) in [5.74, 6) is -0.0206. The smallest absolute Gasteiger partial charge is 0.255 e. The molecule has 0 spiro atoms. The molecule has 1 saturated heterocycles. The summed E-state index contributed by atoms with van der Waals surface area (Å²) < 4.78 is 0. The van der Waals surface area contributed by atoms with Gasteiger partial charge in [0.1, 0.15) is 0 Å². The van der Waals surface area contributed by atoms with Crippen molar-refractivity contribution in [3.63, 3.8) is 0 Å². The van der Waals surface area contributed by atoms with Crippen LogP contribution in [-0.2, 0) is 0 Å². The van der Waals surface area contributed by atoms with Crippen molar-refractivity contribution in [1.82, 2.24) is 15.2 Å². The Morgan fingerprint density at radius 1 is 1.18 bits per heavy atom. The Hall–Kier alpha value is -1.04. The summed E-state index contributed by atoms with van der Waals surface area (Å²) in [6.07, 6.45) is 1.46. The van der Waals surface area contributed by atoms with E-state index in [9.17, 15) is 9.59 Å². The van der Waals surface area contributed by atoms with Gasteiger partial charge in [-0.2, -0.15) is 0 Å². The molecule has 0 aliphatic carbocycles. The fraction of sp³-hybridized carbons (Fsp3) is 0.400. The average Bonchev–Trinajstić information content (AvgIpc) is 2.30. The summed E-state index contributed by atoms with van der Waals surface area (Å²) in [6.45, 7) is 3.10. The van der Waals surface area contributed by atoms with Crippen molar-refractivity contribution in [1.29, 1.82) is 0 Å². The molecule has 1 fully saturated rings. The van der Waals surface area contributed by atoms with Crippen LogP contribution in [0, 0.1) is 0 Å². The van der Waals surface area contributed by atoms with Crippen LogP contribution in [0.1, 0.15) is 10.4 Å². The van der Waals surface area contributed by atoms with Gasteiger partial charge < -0.3 is 15.2 Å². The maximum atomic E-state index is 11.9. The molecule has 0 unspecified atom stereocenters. The van der Waals surface area contributed by atoms with E-state index in [1.807, 2.05) is 0 Å². The number of carbonyl (C=O) groups excluding carboxylic acids is 1. The number of hydrogen-bond donors (Lipinski definition) is 2. The fourth-order valence-corrected chi connectivity index (χ4v) is 1.59. The zero-order chi connectivity index (χ0) is 10.7. The Morgan fingerprint density at radius 3 is 2.35 bits per heavy atom. The van der Waals surface area contributed by atoms with Crippen LogP contribution in [0.5, 0.6) is 0 Å². The molecule has 0 saturated carbocycles. The Kier molecular flexibility index (Phi) is 6.87. The first-order valence-corrected chi connectivity index (χ1v) is 4.96. The van der Waals surface area contributed by atoms with Crippen LogP contribution in [0.2, 0.25) is 0 Å². The molecule has 0 aromatic carbocycles. The minimum atomic E-state index is -0.188. The molecule has 2 N–H and O–H groups in total. The second-order valence-corrected chi connectivity index (χ2v) is 3.48. The summed E-state index contributed by atoms with van der Waals surface area (Å²) >= 11 is 0. The molecule has 1 amide bonds. The monoisotopic (exact) mass is 279 g/mol. The predicted molar refractivity (Wildman–Crippen MR) is 70.3 cm³/mol. The van der Waals surface area contributed by atoms with Gasteiger partial charge in [-0.1, -0.05) is 0 Å². The largest absolute Gasteiger partial charge is 0.336 e. The van der Waals surface area contributed by atoms with Gasteiger partial charge in [-0.25, -0.2) is 0 Å². The first kappa shape index (κ1) is 16.0. The maximum Gasteiger partial charge on any atom is 0.255 e. The molecule has 1 aromatic rings. The Morgan fingerprint density at radius 2 is 1.82 bits per heavy atom. The normalized spacial score (nSPS) is 14.5. The van der Waals surface area contributed by atoms with E-state index < -0.39 is 0 Å². The van der Waals surface area contributed by atoms with Crippen LogP contribution in [0.3, 0.4) is 0 Å². The molecule has 17 heavy (non-hydrogen) atoms. The Bertz CT molecular complexity index is 396. The van der Waals surface area contributed by atoms with Gasteiger partial charge in [-0.05, 0) is 6.07 Å². The van der Waals surface area contributed by atoms with Gasteiger partial charge in [0.15, 0.2) is 0 Å². The Balaban J connectivity index is 0.00000128. The number of piperazine rings is 1. The zero-order valence-corrected chi connectivity index (χ0v) is 10.8. The third-order valence-electron chi connectivity index (χ3n) is 2.44. The summed E-state index contributed by atoms with van der Waals surface area (Å²) in [4.78, 5) is 27.0.